The molecular weight excluding hydrogens is 370 g/mol. The van der Waals surface area contributed by atoms with Crippen LogP contribution >= 0.6 is 0 Å². The van der Waals surface area contributed by atoms with Crippen molar-refractivity contribution < 1.29 is 17.6 Å². The Kier molecular flexibility index (Phi) is 4.39. The molecule has 0 bridgehead atoms. The molecule has 0 N–H and O–H groups in total. The Morgan fingerprint density at radius 1 is 1.11 bits per heavy atom. The summed E-state index contributed by atoms with van der Waals surface area (Å²) in [5.74, 6) is 0.453. The fourth-order valence-corrected chi connectivity index (χ4v) is 5.02. The summed E-state index contributed by atoms with van der Waals surface area (Å²) in [4.78, 5) is 15.5. The number of aromatic nitrogens is 2. The second-order valence-electron chi connectivity index (χ2n) is 6.71. The molecule has 0 saturated carbocycles. The Morgan fingerprint density at radius 3 is 2.48 bits per heavy atom. The number of piperazine rings is 1. The molecule has 2 aliphatic heterocycles. The topological polar surface area (TPSA) is 99.9 Å². The van der Waals surface area contributed by atoms with Crippen molar-refractivity contribution in [3.8, 4) is 0 Å². The van der Waals surface area contributed by atoms with Gasteiger partial charge in [-0.25, -0.2) is 8.42 Å². The molecule has 0 atom stereocenters. The lowest BCUT2D eigenvalue weighted by atomic mass is 10.2. The van der Waals surface area contributed by atoms with Crippen molar-refractivity contribution in [3.05, 3.63) is 29.7 Å². The molecule has 9 nitrogen and oxygen atoms in total. The Balaban J connectivity index is 1.50. The Bertz CT molecular complexity index is 979. The van der Waals surface area contributed by atoms with Gasteiger partial charge in [0.25, 0.3) is 0 Å². The molecule has 4 rings (SSSR count). The number of aryl methyl sites for hydroxylation is 1. The molecule has 1 saturated heterocycles. The van der Waals surface area contributed by atoms with Crippen LogP contribution in [-0.4, -0.2) is 61.6 Å². The third-order valence-corrected chi connectivity index (χ3v) is 6.88. The first-order valence-corrected chi connectivity index (χ1v) is 10.3. The number of fused-ring (bicyclic) bond motifs is 1. The van der Waals surface area contributed by atoms with E-state index in [1.165, 1.54) is 11.2 Å². The minimum Gasteiger partial charge on any atom is -0.408 e. The molecule has 0 unspecified atom stereocenters. The first-order chi connectivity index (χ1) is 12.9. The Hall–Kier alpha value is -2.46. The van der Waals surface area contributed by atoms with Crippen molar-refractivity contribution in [2.24, 2.45) is 0 Å². The van der Waals surface area contributed by atoms with Gasteiger partial charge in [0.1, 0.15) is 0 Å². The maximum absolute atomic E-state index is 13.0. The van der Waals surface area contributed by atoms with E-state index in [9.17, 15) is 13.2 Å². The van der Waals surface area contributed by atoms with E-state index in [-0.39, 0.29) is 10.8 Å². The van der Waals surface area contributed by atoms with Gasteiger partial charge in [-0.1, -0.05) is 5.10 Å². The quantitative estimate of drug-likeness (QED) is 0.763. The predicted octanol–water partition coefficient (Wildman–Crippen LogP) is 0.798. The standard InChI is InChI=1S/C17H21N5O4S/c1-12-18-19-17(26-12)20-7-9-21(10-8-20)27(24,25)15-3-4-16-14(11-15)5-6-22(16)13(2)23/h3-4,11H,5-10H2,1-2H3. The molecule has 2 aliphatic rings. The first-order valence-electron chi connectivity index (χ1n) is 8.82. The van der Waals surface area contributed by atoms with E-state index < -0.39 is 10.0 Å². The molecule has 0 aliphatic carbocycles. The molecule has 3 heterocycles. The SMILES string of the molecule is CC(=O)N1CCc2cc(S(=O)(=O)N3CCN(c4nnc(C)o4)CC3)ccc21. The highest BCUT2D eigenvalue weighted by atomic mass is 32.2. The molecule has 144 valence electrons. The number of amides is 1. The van der Waals surface area contributed by atoms with Crippen LogP contribution < -0.4 is 9.80 Å². The van der Waals surface area contributed by atoms with Gasteiger partial charge in [-0.05, 0) is 30.2 Å². The minimum absolute atomic E-state index is 0.0308. The molecule has 1 fully saturated rings. The van der Waals surface area contributed by atoms with E-state index in [4.69, 9.17) is 4.42 Å². The van der Waals surface area contributed by atoms with Gasteiger partial charge in [0.2, 0.25) is 21.8 Å². The van der Waals surface area contributed by atoms with E-state index >= 15 is 0 Å². The summed E-state index contributed by atoms with van der Waals surface area (Å²) in [6, 6.07) is 5.44. The highest BCUT2D eigenvalue weighted by Gasteiger charge is 2.31. The lowest BCUT2D eigenvalue weighted by Crippen LogP contribution is -2.48. The van der Waals surface area contributed by atoms with Gasteiger partial charge < -0.3 is 14.2 Å². The number of nitrogens with zero attached hydrogens (tertiary/aromatic N) is 5. The third-order valence-electron chi connectivity index (χ3n) is 4.99. The average molecular weight is 391 g/mol. The molecule has 1 amide bonds. The van der Waals surface area contributed by atoms with E-state index in [0.717, 1.165) is 11.3 Å². The van der Waals surface area contributed by atoms with Crippen LogP contribution in [0.3, 0.4) is 0 Å². The highest BCUT2D eigenvalue weighted by molar-refractivity contribution is 7.89. The molecule has 1 aromatic carbocycles. The zero-order valence-corrected chi connectivity index (χ0v) is 16.1. The lowest BCUT2D eigenvalue weighted by Gasteiger charge is -2.32. The number of benzene rings is 1. The average Bonchev–Trinajstić information content (AvgIpc) is 3.27. The molecule has 10 heteroatoms. The fourth-order valence-electron chi connectivity index (χ4n) is 3.55. The van der Waals surface area contributed by atoms with Crippen LogP contribution in [0.4, 0.5) is 11.7 Å². The summed E-state index contributed by atoms with van der Waals surface area (Å²) in [7, 11) is -3.59. The van der Waals surface area contributed by atoms with Gasteiger partial charge in [-0.15, -0.1) is 5.10 Å². The third kappa shape index (κ3) is 3.19. The molecule has 1 aromatic heterocycles. The number of carbonyl (C=O) groups excluding carboxylic acids is 1. The van der Waals surface area contributed by atoms with Gasteiger partial charge in [0.05, 0.1) is 4.90 Å². The summed E-state index contributed by atoms with van der Waals surface area (Å²) in [5, 5.41) is 7.80. The van der Waals surface area contributed by atoms with Crippen LogP contribution in [0.2, 0.25) is 0 Å². The highest BCUT2D eigenvalue weighted by Crippen LogP contribution is 2.31. The predicted molar refractivity (Wildman–Crippen MR) is 98.2 cm³/mol. The van der Waals surface area contributed by atoms with E-state index in [2.05, 4.69) is 10.2 Å². The van der Waals surface area contributed by atoms with Crippen LogP contribution in [0.15, 0.2) is 27.5 Å². The van der Waals surface area contributed by atoms with Crippen molar-refractivity contribution in [1.29, 1.82) is 0 Å². The summed E-state index contributed by atoms with van der Waals surface area (Å²) in [6.07, 6.45) is 0.669. The van der Waals surface area contributed by atoms with Crippen molar-refractivity contribution in [1.82, 2.24) is 14.5 Å². The van der Waals surface area contributed by atoms with Gasteiger partial charge in [-0.3, -0.25) is 4.79 Å². The number of carbonyl (C=O) groups is 1. The van der Waals surface area contributed by atoms with E-state index in [0.29, 0.717) is 51.0 Å². The minimum atomic E-state index is -3.59. The lowest BCUT2D eigenvalue weighted by molar-refractivity contribution is -0.116. The molecular formula is C17H21N5O4S. The summed E-state index contributed by atoms with van der Waals surface area (Å²) >= 11 is 0. The smallest absolute Gasteiger partial charge is 0.318 e. The summed E-state index contributed by atoms with van der Waals surface area (Å²) in [5.41, 5.74) is 1.70. The van der Waals surface area contributed by atoms with Crippen LogP contribution in [0.5, 0.6) is 0 Å². The van der Waals surface area contributed by atoms with Crippen LogP contribution in [0.1, 0.15) is 18.4 Å². The number of sulfonamides is 1. The number of anilines is 2. The molecule has 27 heavy (non-hydrogen) atoms. The second-order valence-corrected chi connectivity index (χ2v) is 8.64. The van der Waals surface area contributed by atoms with Crippen molar-refractivity contribution in [3.63, 3.8) is 0 Å². The van der Waals surface area contributed by atoms with Crippen molar-refractivity contribution >= 4 is 27.6 Å². The van der Waals surface area contributed by atoms with E-state index in [1.54, 1.807) is 30.0 Å². The molecule has 2 aromatic rings. The van der Waals surface area contributed by atoms with Gasteiger partial charge in [0.15, 0.2) is 0 Å². The van der Waals surface area contributed by atoms with Gasteiger partial charge in [0, 0.05) is 52.3 Å². The maximum atomic E-state index is 13.0. The molecule has 0 radical (unpaired) electrons. The number of hydrogen-bond acceptors (Lipinski definition) is 7. The fraction of sp³-hybridized carbons (Fsp3) is 0.471. The largest absolute Gasteiger partial charge is 0.408 e. The zero-order chi connectivity index (χ0) is 19.2. The van der Waals surface area contributed by atoms with Crippen LogP contribution in [-0.2, 0) is 21.2 Å². The van der Waals surface area contributed by atoms with Gasteiger partial charge >= 0.3 is 6.01 Å². The number of rotatable bonds is 3. The van der Waals surface area contributed by atoms with Crippen molar-refractivity contribution in [2.75, 3.05) is 42.5 Å². The first kappa shape index (κ1) is 17.9. The monoisotopic (exact) mass is 391 g/mol. The van der Waals surface area contributed by atoms with Crippen LogP contribution in [0.25, 0.3) is 0 Å². The van der Waals surface area contributed by atoms with Crippen LogP contribution in [0, 0.1) is 6.92 Å². The zero-order valence-electron chi connectivity index (χ0n) is 15.3. The second kappa shape index (κ2) is 6.61. The van der Waals surface area contributed by atoms with Crippen molar-refractivity contribution in [2.45, 2.75) is 25.2 Å². The summed E-state index contributed by atoms with van der Waals surface area (Å²) in [6.45, 7) is 5.51. The molecule has 0 spiro atoms. The Labute approximate surface area is 157 Å². The summed E-state index contributed by atoms with van der Waals surface area (Å²) < 4.78 is 32.9. The van der Waals surface area contributed by atoms with E-state index in [1.807, 2.05) is 4.90 Å². The maximum Gasteiger partial charge on any atom is 0.318 e. The normalized spacial score (nSPS) is 18.0. The van der Waals surface area contributed by atoms with Gasteiger partial charge in [-0.2, -0.15) is 4.31 Å². The Morgan fingerprint density at radius 2 is 1.85 bits per heavy atom. The number of hydrogen-bond donors (Lipinski definition) is 0.